The molecule has 0 saturated heterocycles. The lowest BCUT2D eigenvalue weighted by Crippen LogP contribution is -2.46. The van der Waals surface area contributed by atoms with E-state index in [0.717, 1.165) is 0 Å². The van der Waals surface area contributed by atoms with E-state index in [4.69, 9.17) is 22.1 Å². The van der Waals surface area contributed by atoms with Crippen LogP contribution in [0.15, 0.2) is 18.2 Å². The topological polar surface area (TPSA) is 93.5 Å². The van der Waals surface area contributed by atoms with Crippen molar-refractivity contribution in [3.05, 3.63) is 23.2 Å². The number of amides is 2. The largest absolute Gasteiger partial charge is 0.487 e. The van der Waals surface area contributed by atoms with E-state index in [9.17, 15) is 9.59 Å². The van der Waals surface area contributed by atoms with Crippen LogP contribution in [0.5, 0.6) is 5.75 Å². The van der Waals surface area contributed by atoms with Gasteiger partial charge in [-0.2, -0.15) is 0 Å². The monoisotopic (exact) mass is 377 g/mol. The van der Waals surface area contributed by atoms with Crippen LogP contribution in [0.2, 0.25) is 5.02 Å². The SMILES string of the molecule is CC(C)Oc1c(Cl)cccc1NC(=O)CNC(=O)[C@@H](N)C(C)C.Cl. The molecule has 0 fully saturated rings. The van der Waals surface area contributed by atoms with Crippen molar-refractivity contribution in [3.63, 3.8) is 0 Å². The Labute approximate surface area is 153 Å². The number of nitrogens with one attached hydrogen (secondary N) is 2. The third-order valence-corrected chi connectivity index (χ3v) is 3.34. The molecule has 24 heavy (non-hydrogen) atoms. The number of halogens is 2. The van der Waals surface area contributed by atoms with Gasteiger partial charge in [0, 0.05) is 0 Å². The van der Waals surface area contributed by atoms with E-state index in [1.54, 1.807) is 18.2 Å². The van der Waals surface area contributed by atoms with Crippen LogP contribution in [0.4, 0.5) is 5.69 Å². The van der Waals surface area contributed by atoms with Crippen LogP contribution < -0.4 is 21.1 Å². The summed E-state index contributed by atoms with van der Waals surface area (Å²) in [5, 5.41) is 5.59. The van der Waals surface area contributed by atoms with Gasteiger partial charge in [-0.15, -0.1) is 12.4 Å². The van der Waals surface area contributed by atoms with E-state index in [1.165, 1.54) is 0 Å². The number of ether oxygens (including phenoxy) is 1. The van der Waals surface area contributed by atoms with Gasteiger partial charge in [-0.25, -0.2) is 0 Å². The Balaban J connectivity index is 0.00000529. The molecule has 0 heterocycles. The lowest BCUT2D eigenvalue weighted by atomic mass is 10.1. The van der Waals surface area contributed by atoms with E-state index in [-0.39, 0.29) is 42.8 Å². The van der Waals surface area contributed by atoms with E-state index in [2.05, 4.69) is 10.6 Å². The molecule has 1 aromatic carbocycles. The first-order chi connectivity index (χ1) is 10.7. The summed E-state index contributed by atoms with van der Waals surface area (Å²) in [6.45, 7) is 7.23. The number of carbonyl (C=O) groups is 2. The van der Waals surface area contributed by atoms with Gasteiger partial charge in [0.25, 0.3) is 0 Å². The van der Waals surface area contributed by atoms with Gasteiger partial charge in [-0.05, 0) is 31.9 Å². The van der Waals surface area contributed by atoms with Gasteiger partial charge in [0.15, 0.2) is 5.75 Å². The average molecular weight is 378 g/mol. The third-order valence-electron chi connectivity index (χ3n) is 3.04. The van der Waals surface area contributed by atoms with Crippen LogP contribution >= 0.6 is 24.0 Å². The van der Waals surface area contributed by atoms with Crippen molar-refractivity contribution in [1.82, 2.24) is 5.32 Å². The molecule has 8 heteroatoms. The second kappa shape index (κ2) is 10.4. The van der Waals surface area contributed by atoms with Crippen molar-refractivity contribution in [1.29, 1.82) is 0 Å². The molecule has 2 amide bonds. The standard InChI is InChI=1S/C16H24ClN3O3.ClH/c1-9(2)14(18)16(22)19-8-13(21)20-12-7-5-6-11(17)15(12)23-10(3)4;/h5-7,9-10,14H,8,18H2,1-4H3,(H,19,22)(H,20,21);1H/t14-;/m0./s1. The summed E-state index contributed by atoms with van der Waals surface area (Å²) in [6, 6.07) is 4.42. The summed E-state index contributed by atoms with van der Waals surface area (Å²) >= 11 is 6.10. The number of rotatable bonds is 7. The Morgan fingerprint density at radius 1 is 1.25 bits per heavy atom. The highest BCUT2D eigenvalue weighted by molar-refractivity contribution is 6.32. The fourth-order valence-electron chi connectivity index (χ4n) is 1.75. The lowest BCUT2D eigenvalue weighted by molar-refractivity contribution is -0.125. The molecular weight excluding hydrogens is 353 g/mol. The quantitative estimate of drug-likeness (QED) is 0.680. The van der Waals surface area contributed by atoms with Crippen molar-refractivity contribution in [2.45, 2.75) is 39.8 Å². The molecule has 0 aromatic heterocycles. The minimum atomic E-state index is -0.645. The fourth-order valence-corrected chi connectivity index (χ4v) is 1.96. The van der Waals surface area contributed by atoms with Crippen molar-refractivity contribution >= 4 is 41.5 Å². The summed E-state index contributed by atoms with van der Waals surface area (Å²) in [5.74, 6) is -0.343. The molecule has 4 N–H and O–H groups in total. The zero-order valence-corrected chi connectivity index (χ0v) is 15.8. The molecular formula is C16H25Cl2N3O3. The molecule has 0 radical (unpaired) electrons. The number of anilines is 1. The van der Waals surface area contributed by atoms with E-state index in [0.29, 0.717) is 16.5 Å². The summed E-state index contributed by atoms with van der Waals surface area (Å²) in [4.78, 5) is 23.7. The van der Waals surface area contributed by atoms with Gasteiger partial charge in [-0.3, -0.25) is 9.59 Å². The number of hydrogen-bond acceptors (Lipinski definition) is 4. The maximum absolute atomic E-state index is 12.0. The molecule has 0 aliphatic rings. The van der Waals surface area contributed by atoms with Gasteiger partial charge in [0.05, 0.1) is 29.4 Å². The lowest BCUT2D eigenvalue weighted by Gasteiger charge is -2.17. The Morgan fingerprint density at radius 3 is 2.42 bits per heavy atom. The normalized spacial score (nSPS) is 11.7. The summed E-state index contributed by atoms with van der Waals surface area (Å²) < 4.78 is 5.62. The summed E-state index contributed by atoms with van der Waals surface area (Å²) in [5.41, 5.74) is 6.17. The molecule has 0 spiro atoms. The van der Waals surface area contributed by atoms with Crippen LogP contribution in [0.3, 0.4) is 0 Å². The average Bonchev–Trinajstić information content (AvgIpc) is 2.47. The highest BCUT2D eigenvalue weighted by atomic mass is 35.5. The minimum absolute atomic E-state index is 0. The zero-order valence-electron chi connectivity index (χ0n) is 14.3. The predicted octanol–water partition coefficient (Wildman–Crippen LogP) is 2.59. The van der Waals surface area contributed by atoms with E-state index < -0.39 is 6.04 Å². The number of nitrogens with two attached hydrogens (primary N) is 1. The summed E-state index contributed by atoms with van der Waals surface area (Å²) in [6.07, 6.45) is -0.0886. The van der Waals surface area contributed by atoms with Gasteiger partial charge in [0.1, 0.15) is 0 Å². The maximum Gasteiger partial charge on any atom is 0.243 e. The number of para-hydroxylation sites is 1. The van der Waals surface area contributed by atoms with Crippen molar-refractivity contribution < 1.29 is 14.3 Å². The zero-order chi connectivity index (χ0) is 17.6. The Morgan fingerprint density at radius 2 is 1.88 bits per heavy atom. The van der Waals surface area contributed by atoms with E-state index in [1.807, 2.05) is 27.7 Å². The highest BCUT2D eigenvalue weighted by Gasteiger charge is 2.18. The van der Waals surface area contributed by atoms with Gasteiger partial charge in [0.2, 0.25) is 11.8 Å². The molecule has 0 unspecified atom stereocenters. The molecule has 0 bridgehead atoms. The molecule has 0 saturated carbocycles. The number of hydrogen-bond donors (Lipinski definition) is 3. The molecule has 1 rings (SSSR count). The molecule has 0 aliphatic heterocycles. The Bertz CT molecular complexity index is 565. The van der Waals surface area contributed by atoms with Crippen LogP contribution in [0, 0.1) is 5.92 Å². The fraction of sp³-hybridized carbons (Fsp3) is 0.500. The van der Waals surface area contributed by atoms with Crippen molar-refractivity contribution in [2.24, 2.45) is 11.7 Å². The number of carbonyl (C=O) groups excluding carboxylic acids is 2. The molecule has 1 atom stereocenters. The molecule has 0 aliphatic carbocycles. The van der Waals surface area contributed by atoms with Crippen LogP contribution in [0.25, 0.3) is 0 Å². The van der Waals surface area contributed by atoms with Crippen LogP contribution in [-0.4, -0.2) is 30.5 Å². The van der Waals surface area contributed by atoms with Crippen molar-refractivity contribution in [2.75, 3.05) is 11.9 Å². The van der Waals surface area contributed by atoms with Crippen LogP contribution in [-0.2, 0) is 9.59 Å². The first kappa shape index (κ1) is 22.5. The molecule has 136 valence electrons. The minimum Gasteiger partial charge on any atom is -0.487 e. The Kier molecular flexibility index (Phi) is 9.73. The van der Waals surface area contributed by atoms with E-state index >= 15 is 0 Å². The number of benzene rings is 1. The predicted molar refractivity (Wildman–Crippen MR) is 98.9 cm³/mol. The van der Waals surface area contributed by atoms with Crippen LogP contribution in [0.1, 0.15) is 27.7 Å². The smallest absolute Gasteiger partial charge is 0.243 e. The molecule has 1 aromatic rings. The first-order valence-electron chi connectivity index (χ1n) is 7.50. The third kappa shape index (κ3) is 6.95. The van der Waals surface area contributed by atoms with Gasteiger partial charge < -0.3 is 21.1 Å². The summed E-state index contributed by atoms with van der Waals surface area (Å²) in [7, 11) is 0. The maximum atomic E-state index is 12.0. The first-order valence-corrected chi connectivity index (χ1v) is 7.88. The second-order valence-electron chi connectivity index (χ2n) is 5.82. The second-order valence-corrected chi connectivity index (χ2v) is 6.23. The van der Waals surface area contributed by atoms with Gasteiger partial charge in [-0.1, -0.05) is 31.5 Å². The highest BCUT2D eigenvalue weighted by Crippen LogP contribution is 2.33. The Hall–Kier alpha value is -1.50. The van der Waals surface area contributed by atoms with Crippen molar-refractivity contribution in [3.8, 4) is 5.75 Å². The van der Waals surface area contributed by atoms with Gasteiger partial charge >= 0.3 is 0 Å². The molecule has 6 nitrogen and oxygen atoms in total.